The molecule has 0 spiro atoms. The standard InChI is InChI=1S/C17H12ClN3O4/c1-25-14-5-2-11(3-6-14)8-12(10-19)17(22)20-15-7-4-13(18)9-16(15)21(23)24/h2-9H,1H3,(H,20,22)/b12-8+. The molecule has 0 saturated heterocycles. The maximum absolute atomic E-state index is 12.2. The Balaban J connectivity index is 2.27. The molecule has 0 aliphatic carbocycles. The number of hydrogen-bond donors (Lipinski definition) is 1. The van der Waals surface area contributed by atoms with Crippen LogP contribution in [0.1, 0.15) is 5.56 Å². The highest BCUT2D eigenvalue weighted by Crippen LogP contribution is 2.28. The number of ether oxygens (including phenoxy) is 1. The Bertz CT molecular complexity index is 886. The van der Waals surface area contributed by atoms with Crippen LogP contribution < -0.4 is 10.1 Å². The van der Waals surface area contributed by atoms with Crippen LogP contribution in [0.2, 0.25) is 5.02 Å². The Morgan fingerprint density at radius 1 is 1.32 bits per heavy atom. The quantitative estimate of drug-likeness (QED) is 0.379. The second-order valence-corrected chi connectivity index (χ2v) is 5.25. The zero-order chi connectivity index (χ0) is 18.4. The maximum Gasteiger partial charge on any atom is 0.294 e. The molecule has 7 nitrogen and oxygen atoms in total. The van der Waals surface area contributed by atoms with Crippen molar-refractivity contribution < 1.29 is 14.5 Å². The topological polar surface area (TPSA) is 105 Å². The largest absolute Gasteiger partial charge is 0.497 e. The number of nitriles is 1. The number of amides is 1. The van der Waals surface area contributed by atoms with Gasteiger partial charge in [0.1, 0.15) is 23.1 Å². The molecular formula is C17H12ClN3O4. The summed E-state index contributed by atoms with van der Waals surface area (Å²) in [7, 11) is 1.53. The summed E-state index contributed by atoms with van der Waals surface area (Å²) < 4.78 is 5.03. The van der Waals surface area contributed by atoms with Crippen molar-refractivity contribution in [3.63, 3.8) is 0 Å². The lowest BCUT2D eigenvalue weighted by Gasteiger charge is -2.06. The number of methoxy groups -OCH3 is 1. The molecule has 0 heterocycles. The van der Waals surface area contributed by atoms with Crippen molar-refractivity contribution in [2.24, 2.45) is 0 Å². The summed E-state index contributed by atoms with van der Waals surface area (Å²) in [5.74, 6) is -0.124. The lowest BCUT2D eigenvalue weighted by atomic mass is 10.1. The van der Waals surface area contributed by atoms with Crippen LogP contribution in [0, 0.1) is 21.4 Å². The summed E-state index contributed by atoms with van der Waals surface area (Å²) in [5, 5.41) is 22.8. The summed E-state index contributed by atoms with van der Waals surface area (Å²) in [4.78, 5) is 22.6. The fraction of sp³-hybridized carbons (Fsp3) is 0.0588. The summed E-state index contributed by atoms with van der Waals surface area (Å²) in [5.41, 5.74) is 0.00499. The zero-order valence-corrected chi connectivity index (χ0v) is 13.8. The van der Waals surface area contributed by atoms with Gasteiger partial charge in [0, 0.05) is 11.1 Å². The molecule has 2 rings (SSSR count). The monoisotopic (exact) mass is 357 g/mol. The number of anilines is 1. The average Bonchev–Trinajstić information content (AvgIpc) is 2.61. The molecule has 126 valence electrons. The average molecular weight is 358 g/mol. The molecule has 0 aliphatic heterocycles. The molecule has 0 aromatic heterocycles. The number of carbonyl (C=O) groups excluding carboxylic acids is 1. The third kappa shape index (κ3) is 4.56. The smallest absolute Gasteiger partial charge is 0.294 e. The number of nitro groups is 1. The molecule has 0 atom stereocenters. The van der Waals surface area contributed by atoms with Gasteiger partial charge in [0.2, 0.25) is 0 Å². The van der Waals surface area contributed by atoms with Crippen LogP contribution in [0.15, 0.2) is 48.0 Å². The molecule has 2 aromatic rings. The molecule has 0 radical (unpaired) electrons. The lowest BCUT2D eigenvalue weighted by molar-refractivity contribution is -0.383. The molecule has 2 aromatic carbocycles. The fourth-order valence-electron chi connectivity index (χ4n) is 1.97. The van der Waals surface area contributed by atoms with Gasteiger partial charge in [-0.2, -0.15) is 5.26 Å². The molecule has 0 fully saturated rings. The SMILES string of the molecule is COc1ccc(/C=C(\C#N)C(=O)Nc2ccc(Cl)cc2[N+](=O)[O-])cc1. The van der Waals surface area contributed by atoms with Gasteiger partial charge in [-0.3, -0.25) is 14.9 Å². The van der Waals surface area contributed by atoms with Gasteiger partial charge in [0.25, 0.3) is 11.6 Å². The van der Waals surface area contributed by atoms with Crippen LogP contribution in [0.5, 0.6) is 5.75 Å². The van der Waals surface area contributed by atoms with Gasteiger partial charge in [0.15, 0.2) is 0 Å². The zero-order valence-electron chi connectivity index (χ0n) is 13.0. The predicted octanol–water partition coefficient (Wildman–Crippen LogP) is 3.80. The normalized spacial score (nSPS) is 10.7. The van der Waals surface area contributed by atoms with E-state index in [0.717, 1.165) is 6.07 Å². The minimum atomic E-state index is -0.760. The van der Waals surface area contributed by atoms with Gasteiger partial charge in [-0.05, 0) is 35.9 Å². The highest BCUT2D eigenvalue weighted by Gasteiger charge is 2.18. The van der Waals surface area contributed by atoms with Crippen LogP contribution >= 0.6 is 11.6 Å². The van der Waals surface area contributed by atoms with Crippen molar-refractivity contribution >= 4 is 35.0 Å². The summed E-state index contributed by atoms with van der Waals surface area (Å²) in [6.07, 6.45) is 1.37. The molecule has 0 bridgehead atoms. The maximum atomic E-state index is 12.2. The van der Waals surface area contributed by atoms with E-state index in [9.17, 15) is 20.2 Å². The number of rotatable bonds is 5. The van der Waals surface area contributed by atoms with Crippen LogP contribution in [-0.2, 0) is 4.79 Å². The second-order valence-electron chi connectivity index (χ2n) is 4.82. The van der Waals surface area contributed by atoms with E-state index in [0.29, 0.717) is 11.3 Å². The van der Waals surface area contributed by atoms with E-state index in [1.165, 1.54) is 25.3 Å². The van der Waals surface area contributed by atoms with Crippen molar-refractivity contribution in [3.8, 4) is 11.8 Å². The first kappa shape index (κ1) is 18.0. The Morgan fingerprint density at radius 3 is 2.56 bits per heavy atom. The molecule has 8 heteroatoms. The molecular weight excluding hydrogens is 346 g/mol. The Labute approximate surface area is 148 Å². The first-order valence-corrected chi connectivity index (χ1v) is 7.33. The van der Waals surface area contributed by atoms with E-state index in [1.807, 2.05) is 0 Å². The Morgan fingerprint density at radius 2 is 2.00 bits per heavy atom. The highest BCUT2D eigenvalue weighted by atomic mass is 35.5. The number of halogens is 1. The van der Waals surface area contributed by atoms with Crippen molar-refractivity contribution in [2.45, 2.75) is 0 Å². The molecule has 0 unspecified atom stereocenters. The molecule has 1 N–H and O–H groups in total. The number of nitro benzene ring substituents is 1. The van der Waals surface area contributed by atoms with E-state index in [-0.39, 0.29) is 22.0 Å². The second kappa shape index (κ2) is 7.95. The third-order valence-electron chi connectivity index (χ3n) is 3.20. The van der Waals surface area contributed by atoms with E-state index >= 15 is 0 Å². The Hall–Kier alpha value is -3.37. The molecule has 0 saturated carbocycles. The Kier molecular flexibility index (Phi) is 5.71. The predicted molar refractivity (Wildman–Crippen MR) is 93.3 cm³/mol. The number of nitrogens with one attached hydrogen (secondary N) is 1. The van der Waals surface area contributed by atoms with Crippen molar-refractivity contribution in [2.75, 3.05) is 12.4 Å². The molecule has 0 aliphatic rings. The van der Waals surface area contributed by atoms with E-state index in [4.69, 9.17) is 16.3 Å². The number of benzene rings is 2. The van der Waals surface area contributed by atoms with Gasteiger partial charge >= 0.3 is 0 Å². The number of nitrogens with zero attached hydrogens (tertiary/aromatic N) is 2. The van der Waals surface area contributed by atoms with Crippen molar-refractivity contribution in [1.29, 1.82) is 5.26 Å². The summed E-state index contributed by atoms with van der Waals surface area (Å²) in [6, 6.07) is 12.3. The van der Waals surface area contributed by atoms with Gasteiger partial charge < -0.3 is 10.1 Å². The van der Waals surface area contributed by atoms with Crippen LogP contribution in [0.25, 0.3) is 6.08 Å². The first-order chi connectivity index (χ1) is 11.9. The van der Waals surface area contributed by atoms with Crippen LogP contribution in [0.3, 0.4) is 0 Å². The van der Waals surface area contributed by atoms with Crippen molar-refractivity contribution in [1.82, 2.24) is 0 Å². The number of hydrogen-bond acceptors (Lipinski definition) is 5. The number of carbonyl (C=O) groups is 1. The molecule has 1 amide bonds. The van der Waals surface area contributed by atoms with Gasteiger partial charge in [-0.25, -0.2) is 0 Å². The van der Waals surface area contributed by atoms with E-state index in [2.05, 4.69) is 5.32 Å². The van der Waals surface area contributed by atoms with E-state index in [1.54, 1.807) is 30.3 Å². The minimum Gasteiger partial charge on any atom is -0.497 e. The summed E-state index contributed by atoms with van der Waals surface area (Å²) in [6.45, 7) is 0. The van der Waals surface area contributed by atoms with E-state index < -0.39 is 10.8 Å². The minimum absolute atomic E-state index is 0.0460. The summed E-state index contributed by atoms with van der Waals surface area (Å²) >= 11 is 5.73. The first-order valence-electron chi connectivity index (χ1n) is 6.95. The van der Waals surface area contributed by atoms with Crippen molar-refractivity contribution in [3.05, 3.63) is 68.7 Å². The van der Waals surface area contributed by atoms with Crippen LogP contribution in [0.4, 0.5) is 11.4 Å². The van der Waals surface area contributed by atoms with Gasteiger partial charge in [-0.1, -0.05) is 23.7 Å². The van der Waals surface area contributed by atoms with Gasteiger partial charge in [-0.15, -0.1) is 0 Å². The lowest BCUT2D eigenvalue weighted by Crippen LogP contribution is -2.14. The van der Waals surface area contributed by atoms with Crippen LogP contribution in [-0.4, -0.2) is 17.9 Å². The van der Waals surface area contributed by atoms with Gasteiger partial charge in [0.05, 0.1) is 12.0 Å². The highest BCUT2D eigenvalue weighted by molar-refractivity contribution is 6.31. The fourth-order valence-corrected chi connectivity index (χ4v) is 2.13. The molecule has 25 heavy (non-hydrogen) atoms. The third-order valence-corrected chi connectivity index (χ3v) is 3.43.